The summed E-state index contributed by atoms with van der Waals surface area (Å²) < 4.78 is 8.35. The van der Waals surface area contributed by atoms with E-state index < -0.39 is 0 Å². The van der Waals surface area contributed by atoms with Crippen molar-refractivity contribution in [2.45, 2.75) is 45.1 Å². The van der Waals surface area contributed by atoms with E-state index in [1.165, 1.54) is 55.9 Å². The molecule has 0 radical (unpaired) electrons. The Bertz CT molecular complexity index is 1470. The van der Waals surface area contributed by atoms with E-state index in [1.807, 2.05) is 6.07 Å². The van der Waals surface area contributed by atoms with E-state index in [-0.39, 0.29) is 0 Å². The van der Waals surface area contributed by atoms with Crippen molar-refractivity contribution in [1.29, 1.82) is 0 Å². The van der Waals surface area contributed by atoms with Gasteiger partial charge < -0.3 is 4.42 Å². The van der Waals surface area contributed by atoms with E-state index in [1.54, 1.807) is 6.26 Å². The Morgan fingerprint density at radius 1 is 0.611 bits per heavy atom. The molecular formula is C34H30NO+. The number of hydrogen-bond acceptors (Lipinski definition) is 1. The highest BCUT2D eigenvalue weighted by atomic mass is 16.3. The number of aromatic nitrogens is 1. The van der Waals surface area contributed by atoms with Gasteiger partial charge in [-0.1, -0.05) is 66.7 Å². The molecule has 0 amide bonds. The summed E-state index contributed by atoms with van der Waals surface area (Å²) in [5.74, 6) is 1.07. The Morgan fingerprint density at radius 3 is 1.83 bits per heavy atom. The van der Waals surface area contributed by atoms with Crippen LogP contribution in [0.5, 0.6) is 0 Å². The lowest BCUT2D eigenvalue weighted by Gasteiger charge is -2.28. The lowest BCUT2D eigenvalue weighted by atomic mass is 9.77. The van der Waals surface area contributed by atoms with Crippen molar-refractivity contribution in [1.82, 2.24) is 0 Å². The van der Waals surface area contributed by atoms with Crippen molar-refractivity contribution in [3.8, 4) is 33.6 Å². The van der Waals surface area contributed by atoms with Gasteiger partial charge in [0.15, 0.2) is 0 Å². The summed E-state index contributed by atoms with van der Waals surface area (Å²) >= 11 is 0. The zero-order valence-corrected chi connectivity index (χ0v) is 20.5. The largest absolute Gasteiger partial charge is 0.469 e. The molecule has 2 heteroatoms. The van der Waals surface area contributed by atoms with Crippen molar-refractivity contribution in [2.24, 2.45) is 0 Å². The third-order valence-corrected chi connectivity index (χ3v) is 8.00. The molecule has 2 heterocycles. The van der Waals surface area contributed by atoms with Gasteiger partial charge in [-0.15, -0.1) is 0 Å². The molecule has 0 N–H and O–H groups in total. The maximum absolute atomic E-state index is 5.68. The molecule has 2 aliphatic carbocycles. The van der Waals surface area contributed by atoms with Gasteiger partial charge in [0.25, 0.3) is 0 Å². The number of fused-ring (bicyclic) bond motifs is 6. The summed E-state index contributed by atoms with van der Waals surface area (Å²) in [4.78, 5) is 0. The van der Waals surface area contributed by atoms with Crippen LogP contribution < -0.4 is 4.57 Å². The van der Waals surface area contributed by atoms with Crippen LogP contribution in [0.4, 0.5) is 0 Å². The fraction of sp³-hybridized carbons (Fsp3) is 0.206. The summed E-state index contributed by atoms with van der Waals surface area (Å²) in [6.07, 6.45) is 8.16. The predicted octanol–water partition coefficient (Wildman–Crippen LogP) is 7.40. The van der Waals surface area contributed by atoms with Crippen molar-refractivity contribution in [2.75, 3.05) is 0 Å². The number of pyridine rings is 1. The molecule has 36 heavy (non-hydrogen) atoms. The molecule has 176 valence electrons. The van der Waals surface area contributed by atoms with Crippen LogP contribution in [0.2, 0.25) is 0 Å². The Labute approximate surface area is 212 Å². The average Bonchev–Trinajstić information content (AvgIpc) is 3.46. The fourth-order valence-electron chi connectivity index (χ4n) is 6.46. The molecule has 2 aromatic heterocycles. The number of benzene rings is 3. The molecule has 5 aromatic rings. The van der Waals surface area contributed by atoms with E-state index in [4.69, 9.17) is 4.42 Å². The van der Waals surface area contributed by atoms with E-state index in [0.29, 0.717) is 0 Å². The zero-order chi connectivity index (χ0) is 23.9. The van der Waals surface area contributed by atoms with Gasteiger partial charge in [-0.25, -0.2) is 0 Å². The van der Waals surface area contributed by atoms with Gasteiger partial charge in [0.2, 0.25) is 11.4 Å². The number of furan rings is 1. The van der Waals surface area contributed by atoms with E-state index in [2.05, 4.69) is 89.5 Å². The molecule has 0 saturated heterocycles. The Hall–Kier alpha value is -3.91. The summed E-state index contributed by atoms with van der Waals surface area (Å²) in [6.45, 7) is 0.975. The smallest absolute Gasteiger partial charge is 0.217 e. The topological polar surface area (TPSA) is 17.0 Å². The maximum atomic E-state index is 5.68. The van der Waals surface area contributed by atoms with Gasteiger partial charge in [0.05, 0.1) is 6.26 Å². The van der Waals surface area contributed by atoms with Crippen LogP contribution in [-0.4, -0.2) is 0 Å². The zero-order valence-electron chi connectivity index (χ0n) is 20.5. The van der Waals surface area contributed by atoms with E-state index >= 15 is 0 Å². The van der Waals surface area contributed by atoms with Crippen LogP contribution in [0.1, 0.15) is 34.4 Å². The molecule has 0 atom stereocenters. The molecule has 0 bridgehead atoms. The van der Waals surface area contributed by atoms with E-state index in [0.717, 1.165) is 50.8 Å². The first-order valence-electron chi connectivity index (χ1n) is 13.2. The second kappa shape index (κ2) is 8.95. The minimum absolute atomic E-state index is 0.952. The number of hydrogen-bond donors (Lipinski definition) is 0. The molecule has 7 rings (SSSR count). The second-order valence-electron chi connectivity index (χ2n) is 10.0. The van der Waals surface area contributed by atoms with Crippen LogP contribution in [0.3, 0.4) is 0 Å². The SMILES string of the molecule is c1ccc(-c2c3c([n+](CCCc4ccco4)c4c2CCc2ccccc2-4)-c2ccccc2CC3)cc1. The third-order valence-electron chi connectivity index (χ3n) is 8.00. The lowest BCUT2D eigenvalue weighted by Crippen LogP contribution is -2.43. The first-order chi connectivity index (χ1) is 17.9. The summed E-state index contributed by atoms with van der Waals surface area (Å²) in [5, 5.41) is 0. The Balaban J connectivity index is 1.52. The normalized spacial score (nSPS) is 13.4. The molecule has 0 saturated carbocycles. The van der Waals surface area contributed by atoms with Crippen molar-refractivity contribution >= 4 is 0 Å². The molecular weight excluding hydrogens is 438 g/mol. The summed E-state index contributed by atoms with van der Waals surface area (Å²) in [7, 11) is 0. The number of rotatable bonds is 5. The highest BCUT2D eigenvalue weighted by Gasteiger charge is 2.37. The number of aryl methyl sites for hydroxylation is 3. The molecule has 3 aromatic carbocycles. The van der Waals surface area contributed by atoms with Gasteiger partial charge in [0.1, 0.15) is 12.3 Å². The first kappa shape index (κ1) is 21.4. The third kappa shape index (κ3) is 3.52. The highest BCUT2D eigenvalue weighted by Crippen LogP contribution is 2.44. The molecule has 0 aliphatic heterocycles. The molecule has 0 spiro atoms. The van der Waals surface area contributed by atoms with Gasteiger partial charge in [-0.3, -0.25) is 0 Å². The summed E-state index contributed by atoms with van der Waals surface area (Å²) in [5.41, 5.74) is 14.5. The van der Waals surface area contributed by atoms with Gasteiger partial charge >= 0.3 is 0 Å². The predicted molar refractivity (Wildman–Crippen MR) is 145 cm³/mol. The quantitative estimate of drug-likeness (QED) is 0.246. The lowest BCUT2D eigenvalue weighted by molar-refractivity contribution is -0.676. The van der Waals surface area contributed by atoms with Crippen molar-refractivity contribution in [3.63, 3.8) is 0 Å². The van der Waals surface area contributed by atoms with Crippen molar-refractivity contribution in [3.05, 3.63) is 125 Å². The fourth-order valence-corrected chi connectivity index (χ4v) is 6.46. The molecule has 0 fully saturated rings. The molecule has 2 aliphatic rings. The standard InChI is InChI=1S/C34H30NO/c1-2-12-26(13-3-1)32-30-20-18-24-10-4-6-16-28(24)33(30)35(22-8-14-27-15-9-23-36-27)34-29-17-7-5-11-25(29)19-21-31(32)34/h1-7,9-13,15-17,23H,8,14,18-22H2/q+1. The van der Waals surface area contributed by atoms with Gasteiger partial charge in [-0.2, -0.15) is 4.57 Å². The van der Waals surface area contributed by atoms with Gasteiger partial charge in [0, 0.05) is 40.7 Å². The highest BCUT2D eigenvalue weighted by molar-refractivity contribution is 5.85. The summed E-state index contributed by atoms with van der Waals surface area (Å²) in [6, 6.07) is 33.3. The number of nitrogens with zero attached hydrogens (tertiary/aromatic N) is 1. The minimum Gasteiger partial charge on any atom is -0.469 e. The monoisotopic (exact) mass is 468 g/mol. The van der Waals surface area contributed by atoms with Crippen LogP contribution in [0.25, 0.3) is 33.6 Å². The average molecular weight is 469 g/mol. The van der Waals surface area contributed by atoms with Crippen molar-refractivity contribution < 1.29 is 8.98 Å². The second-order valence-corrected chi connectivity index (χ2v) is 10.0. The van der Waals surface area contributed by atoms with Crippen LogP contribution in [-0.2, 0) is 38.6 Å². The van der Waals surface area contributed by atoms with Crippen LogP contribution >= 0.6 is 0 Å². The first-order valence-corrected chi connectivity index (χ1v) is 13.2. The van der Waals surface area contributed by atoms with Gasteiger partial charge in [-0.05, 0) is 66.6 Å². The van der Waals surface area contributed by atoms with Crippen LogP contribution in [0.15, 0.2) is 102 Å². The maximum Gasteiger partial charge on any atom is 0.217 e. The molecule has 0 unspecified atom stereocenters. The van der Waals surface area contributed by atoms with Crippen LogP contribution in [0, 0.1) is 0 Å². The Kier molecular flexibility index (Phi) is 5.31. The van der Waals surface area contributed by atoms with E-state index in [9.17, 15) is 0 Å². The minimum atomic E-state index is 0.952. The molecule has 2 nitrogen and oxygen atoms in total. The Morgan fingerprint density at radius 2 is 1.22 bits per heavy atom.